The first-order valence-corrected chi connectivity index (χ1v) is 14.5. The molecule has 4 unspecified atom stereocenters. The molecule has 2 aromatic rings. The molecule has 0 bridgehead atoms. The molecule has 14 heteroatoms. The summed E-state index contributed by atoms with van der Waals surface area (Å²) in [6.45, 7) is 0. The van der Waals surface area contributed by atoms with Crippen LogP contribution in [0.2, 0.25) is 0 Å². The van der Waals surface area contributed by atoms with Crippen LogP contribution in [0.5, 0.6) is 11.5 Å². The van der Waals surface area contributed by atoms with E-state index in [1.807, 2.05) is 6.26 Å². The van der Waals surface area contributed by atoms with Gasteiger partial charge in [0.15, 0.2) is 0 Å². The summed E-state index contributed by atoms with van der Waals surface area (Å²) in [7, 11) is 0. The molecule has 0 spiro atoms. The molecular weight excluding hydrogens is 566 g/mol. The molecule has 0 aliphatic rings. The van der Waals surface area contributed by atoms with E-state index in [1.165, 1.54) is 48.2 Å². The van der Waals surface area contributed by atoms with Gasteiger partial charge >= 0.3 is 5.97 Å². The maximum Gasteiger partial charge on any atom is 0.326 e. The Morgan fingerprint density at radius 3 is 1.67 bits per heavy atom. The minimum atomic E-state index is -1.31. The molecule has 0 aliphatic heterocycles. The highest BCUT2D eigenvalue weighted by atomic mass is 32.2. The van der Waals surface area contributed by atoms with Crippen molar-refractivity contribution in [3.8, 4) is 11.5 Å². The third-order valence-electron chi connectivity index (χ3n) is 6.28. The number of benzene rings is 2. The number of aromatic hydroxyl groups is 2. The summed E-state index contributed by atoms with van der Waals surface area (Å²) in [6, 6.07) is 7.07. The number of nitrogens with two attached hydrogens (primary N) is 2. The number of phenols is 2. The molecule has 13 nitrogen and oxygen atoms in total. The molecule has 228 valence electrons. The van der Waals surface area contributed by atoms with Crippen molar-refractivity contribution in [2.24, 2.45) is 11.5 Å². The zero-order chi connectivity index (χ0) is 31.2. The quantitative estimate of drug-likeness (QED) is 0.118. The second-order valence-corrected chi connectivity index (χ2v) is 10.6. The lowest BCUT2D eigenvalue weighted by atomic mass is 10.0. The van der Waals surface area contributed by atoms with Crippen LogP contribution in [0.15, 0.2) is 48.5 Å². The SMILES string of the molecule is CSCCC(NC(=O)C(Cc1ccc(O)cc1)NC(=O)C(N)CCC(N)=O)C(=O)NC(Cc1ccc(O)cc1)C(=O)O. The van der Waals surface area contributed by atoms with Crippen LogP contribution >= 0.6 is 11.8 Å². The van der Waals surface area contributed by atoms with Crippen molar-refractivity contribution in [2.45, 2.75) is 56.3 Å². The van der Waals surface area contributed by atoms with Crippen molar-refractivity contribution in [1.82, 2.24) is 16.0 Å². The zero-order valence-electron chi connectivity index (χ0n) is 23.1. The first-order chi connectivity index (χ1) is 19.9. The number of phenolic OH excluding ortho intramolecular Hbond substituents is 2. The van der Waals surface area contributed by atoms with Crippen LogP contribution in [0.3, 0.4) is 0 Å². The number of carbonyl (C=O) groups is 5. The predicted molar refractivity (Wildman–Crippen MR) is 156 cm³/mol. The van der Waals surface area contributed by atoms with Crippen molar-refractivity contribution < 1.29 is 39.3 Å². The normalized spacial score (nSPS) is 13.7. The van der Waals surface area contributed by atoms with E-state index in [9.17, 15) is 39.3 Å². The number of hydrogen-bond acceptors (Lipinski definition) is 9. The van der Waals surface area contributed by atoms with Crippen LogP contribution in [0.4, 0.5) is 0 Å². The standard InChI is InChI=1S/C28H37N5O8S/c1-42-13-12-21(26(38)33-23(28(40)41)15-17-4-8-19(35)9-5-17)31-27(39)22(14-16-2-6-18(34)7-3-16)32-25(37)20(29)10-11-24(30)36/h2-9,20-23,34-35H,10-15,29H2,1H3,(H2,30,36)(H,31,39)(H,32,37)(H,33,38)(H,40,41). The molecular formula is C28H37N5O8S. The van der Waals surface area contributed by atoms with Crippen LogP contribution in [-0.4, -0.2) is 81.1 Å². The Morgan fingerprint density at radius 1 is 0.738 bits per heavy atom. The van der Waals surface area contributed by atoms with Crippen molar-refractivity contribution in [3.63, 3.8) is 0 Å². The fourth-order valence-electron chi connectivity index (χ4n) is 3.90. The molecule has 0 saturated carbocycles. The van der Waals surface area contributed by atoms with E-state index >= 15 is 0 Å². The molecule has 4 amide bonds. The van der Waals surface area contributed by atoms with Crippen LogP contribution < -0.4 is 27.4 Å². The van der Waals surface area contributed by atoms with Gasteiger partial charge in [0.05, 0.1) is 6.04 Å². The lowest BCUT2D eigenvalue weighted by Crippen LogP contribution is -2.58. The minimum Gasteiger partial charge on any atom is -0.508 e. The van der Waals surface area contributed by atoms with Crippen LogP contribution in [0, 0.1) is 0 Å². The second-order valence-electron chi connectivity index (χ2n) is 9.66. The highest BCUT2D eigenvalue weighted by molar-refractivity contribution is 7.98. The van der Waals surface area contributed by atoms with Gasteiger partial charge in [-0.3, -0.25) is 19.2 Å². The zero-order valence-corrected chi connectivity index (χ0v) is 23.9. The first kappa shape index (κ1) is 33.9. The minimum absolute atomic E-state index is 0.00588. The summed E-state index contributed by atoms with van der Waals surface area (Å²) in [5.41, 5.74) is 12.2. The monoisotopic (exact) mass is 603 g/mol. The van der Waals surface area contributed by atoms with Gasteiger partial charge in [0.2, 0.25) is 23.6 Å². The number of nitrogens with one attached hydrogen (secondary N) is 3. The van der Waals surface area contributed by atoms with Gasteiger partial charge in [-0.15, -0.1) is 0 Å². The molecule has 0 fully saturated rings. The number of amides is 4. The number of carbonyl (C=O) groups excluding carboxylic acids is 4. The number of primary amides is 1. The van der Waals surface area contributed by atoms with E-state index in [0.717, 1.165) is 0 Å². The number of thioether (sulfide) groups is 1. The molecule has 2 aromatic carbocycles. The van der Waals surface area contributed by atoms with Crippen molar-refractivity contribution in [1.29, 1.82) is 0 Å². The van der Waals surface area contributed by atoms with Gasteiger partial charge < -0.3 is 42.7 Å². The van der Waals surface area contributed by atoms with Crippen molar-refractivity contribution in [2.75, 3.05) is 12.0 Å². The number of aliphatic carboxylic acids is 1. The molecule has 4 atom stereocenters. The van der Waals surface area contributed by atoms with E-state index in [-0.39, 0.29) is 43.6 Å². The summed E-state index contributed by atoms with van der Waals surface area (Å²) in [5, 5.41) is 36.4. The average Bonchev–Trinajstić information content (AvgIpc) is 2.95. The lowest BCUT2D eigenvalue weighted by molar-refractivity contribution is -0.142. The highest BCUT2D eigenvalue weighted by Gasteiger charge is 2.30. The molecule has 0 heterocycles. The largest absolute Gasteiger partial charge is 0.508 e. The Morgan fingerprint density at radius 2 is 1.19 bits per heavy atom. The number of carboxylic acid groups (broad SMARTS) is 1. The van der Waals surface area contributed by atoms with Crippen LogP contribution in [0.1, 0.15) is 30.4 Å². The van der Waals surface area contributed by atoms with Crippen LogP contribution in [-0.2, 0) is 36.8 Å². The van der Waals surface area contributed by atoms with Crippen LogP contribution in [0.25, 0.3) is 0 Å². The summed E-state index contributed by atoms with van der Waals surface area (Å²) in [6.07, 6.45) is 1.73. The Hall–Kier alpha value is -4.30. The molecule has 2 rings (SSSR count). The number of carboxylic acids is 1. The summed E-state index contributed by atoms with van der Waals surface area (Å²) >= 11 is 1.42. The highest BCUT2D eigenvalue weighted by Crippen LogP contribution is 2.14. The summed E-state index contributed by atoms with van der Waals surface area (Å²) in [4.78, 5) is 62.4. The Kier molecular flexibility index (Phi) is 13.6. The first-order valence-electron chi connectivity index (χ1n) is 13.1. The second kappa shape index (κ2) is 16.8. The maximum atomic E-state index is 13.4. The smallest absolute Gasteiger partial charge is 0.326 e. The molecule has 10 N–H and O–H groups in total. The molecule has 0 aliphatic carbocycles. The fraction of sp³-hybridized carbons (Fsp3) is 0.393. The number of rotatable bonds is 17. The molecule has 0 saturated heterocycles. The Labute approximate surface area is 247 Å². The third-order valence-corrected chi connectivity index (χ3v) is 6.93. The van der Waals surface area contributed by atoms with E-state index in [0.29, 0.717) is 16.9 Å². The molecule has 0 aromatic heterocycles. The van der Waals surface area contributed by atoms with E-state index < -0.39 is 53.8 Å². The number of hydrogen-bond donors (Lipinski definition) is 8. The van der Waals surface area contributed by atoms with Crippen molar-refractivity contribution >= 4 is 41.4 Å². The van der Waals surface area contributed by atoms with Crippen molar-refractivity contribution in [3.05, 3.63) is 59.7 Å². The fourth-order valence-corrected chi connectivity index (χ4v) is 4.37. The van der Waals surface area contributed by atoms with E-state index in [1.54, 1.807) is 12.1 Å². The summed E-state index contributed by atoms with van der Waals surface area (Å²) < 4.78 is 0. The lowest BCUT2D eigenvalue weighted by Gasteiger charge is -2.25. The van der Waals surface area contributed by atoms with Gasteiger partial charge in [-0.25, -0.2) is 4.79 Å². The van der Waals surface area contributed by atoms with Gasteiger partial charge in [0.1, 0.15) is 29.6 Å². The van der Waals surface area contributed by atoms with Gasteiger partial charge in [0, 0.05) is 19.3 Å². The summed E-state index contributed by atoms with van der Waals surface area (Å²) in [5.74, 6) is -3.59. The van der Waals surface area contributed by atoms with Gasteiger partial charge in [-0.1, -0.05) is 24.3 Å². The van der Waals surface area contributed by atoms with E-state index in [4.69, 9.17) is 11.5 Å². The van der Waals surface area contributed by atoms with Gasteiger partial charge in [-0.2, -0.15) is 11.8 Å². The predicted octanol–water partition coefficient (Wildman–Crippen LogP) is -0.232. The molecule has 42 heavy (non-hydrogen) atoms. The third kappa shape index (κ3) is 11.7. The van der Waals surface area contributed by atoms with Gasteiger partial charge in [0.25, 0.3) is 0 Å². The average molecular weight is 604 g/mol. The molecule has 0 radical (unpaired) electrons. The Bertz CT molecular complexity index is 1230. The Balaban J connectivity index is 2.22. The topological polar surface area (TPSA) is 234 Å². The van der Waals surface area contributed by atoms with Gasteiger partial charge in [-0.05, 0) is 60.2 Å². The maximum absolute atomic E-state index is 13.4. The van der Waals surface area contributed by atoms with E-state index in [2.05, 4.69) is 16.0 Å².